The average Bonchev–Trinajstić information content (AvgIpc) is 3.17. The predicted octanol–water partition coefficient (Wildman–Crippen LogP) is 3.95. The number of aryl methyl sites for hydroxylation is 1. The molecule has 24 heavy (non-hydrogen) atoms. The van der Waals surface area contributed by atoms with Crippen molar-refractivity contribution in [2.75, 3.05) is 0 Å². The fourth-order valence-electron chi connectivity index (χ4n) is 3.03. The third-order valence-electron chi connectivity index (χ3n) is 4.29. The molecule has 0 bridgehead atoms. The van der Waals surface area contributed by atoms with Crippen LogP contribution in [0.3, 0.4) is 0 Å². The van der Waals surface area contributed by atoms with Gasteiger partial charge in [0.15, 0.2) is 0 Å². The van der Waals surface area contributed by atoms with Gasteiger partial charge in [0, 0.05) is 23.2 Å². The largest absolute Gasteiger partial charge is 0.340 e. The maximum Gasteiger partial charge on any atom is 0.252 e. The van der Waals surface area contributed by atoms with E-state index in [1.807, 2.05) is 31.2 Å². The summed E-state index contributed by atoms with van der Waals surface area (Å²) in [7, 11) is 0. The smallest absolute Gasteiger partial charge is 0.252 e. The van der Waals surface area contributed by atoms with Gasteiger partial charge >= 0.3 is 0 Å². The number of carbonyl (C=O) groups excluding carboxylic acids is 1. The molecule has 1 saturated carbocycles. The number of nitrogens with one attached hydrogen (secondary N) is 1. The molecule has 0 saturated heterocycles. The Bertz CT molecular complexity index is 667. The van der Waals surface area contributed by atoms with Crippen molar-refractivity contribution in [1.29, 1.82) is 0 Å². The fraction of sp³-hybridized carbons (Fsp3) is 0.412. The minimum absolute atomic E-state index is 0. The van der Waals surface area contributed by atoms with Crippen LogP contribution in [-0.4, -0.2) is 10.9 Å². The molecule has 1 amide bonds. The summed E-state index contributed by atoms with van der Waals surface area (Å²) < 4.78 is 0. The highest BCUT2D eigenvalue weighted by molar-refractivity contribution is 7.09. The number of nitrogens with zero attached hydrogens (tertiary/aromatic N) is 1. The van der Waals surface area contributed by atoms with Crippen molar-refractivity contribution in [2.24, 2.45) is 5.73 Å². The molecule has 0 radical (unpaired) electrons. The third kappa shape index (κ3) is 4.28. The van der Waals surface area contributed by atoms with Gasteiger partial charge in [-0.15, -0.1) is 36.2 Å². The first-order valence-electron chi connectivity index (χ1n) is 7.67. The fourth-order valence-corrected chi connectivity index (χ4v) is 4.04. The van der Waals surface area contributed by atoms with Gasteiger partial charge in [-0.3, -0.25) is 4.79 Å². The van der Waals surface area contributed by atoms with Crippen molar-refractivity contribution in [3.8, 4) is 0 Å². The minimum atomic E-state index is -0.289. The van der Waals surface area contributed by atoms with Gasteiger partial charge in [-0.2, -0.15) is 0 Å². The Morgan fingerprint density at radius 3 is 2.38 bits per heavy atom. The molecular weight excluding hydrogens is 365 g/mol. The maximum atomic E-state index is 12.6. The monoisotopic (exact) mass is 387 g/mol. The summed E-state index contributed by atoms with van der Waals surface area (Å²) in [6.07, 6.45) is 4.19. The first-order valence-corrected chi connectivity index (χ1v) is 8.55. The van der Waals surface area contributed by atoms with Gasteiger partial charge in [0.2, 0.25) is 0 Å². The molecule has 0 spiro atoms. The normalized spacial score (nSPS) is 15.2. The molecule has 4 nitrogen and oxygen atoms in total. The van der Waals surface area contributed by atoms with Crippen molar-refractivity contribution in [3.63, 3.8) is 0 Å². The number of halogens is 2. The Morgan fingerprint density at radius 1 is 1.25 bits per heavy atom. The number of rotatable bonds is 4. The summed E-state index contributed by atoms with van der Waals surface area (Å²) in [5, 5.41) is 6.34. The van der Waals surface area contributed by atoms with E-state index in [2.05, 4.69) is 15.7 Å². The highest BCUT2D eigenvalue weighted by Gasteiger charge is 2.39. The first-order chi connectivity index (χ1) is 10.6. The average molecular weight is 388 g/mol. The Kier molecular flexibility index (Phi) is 7.67. The van der Waals surface area contributed by atoms with Crippen LogP contribution in [0.1, 0.15) is 52.3 Å². The summed E-state index contributed by atoms with van der Waals surface area (Å²) in [5.74, 6) is -0.0293. The van der Waals surface area contributed by atoms with Gasteiger partial charge in [0.25, 0.3) is 5.91 Å². The van der Waals surface area contributed by atoms with Gasteiger partial charge in [0.1, 0.15) is 5.01 Å². The van der Waals surface area contributed by atoms with Crippen LogP contribution in [0.5, 0.6) is 0 Å². The van der Waals surface area contributed by atoms with E-state index in [9.17, 15) is 4.79 Å². The maximum absolute atomic E-state index is 12.6. The molecule has 1 fully saturated rings. The van der Waals surface area contributed by atoms with Crippen LogP contribution < -0.4 is 11.1 Å². The highest BCUT2D eigenvalue weighted by atomic mass is 35.5. The number of hydrogen-bond donors (Lipinski definition) is 2. The highest BCUT2D eigenvalue weighted by Crippen LogP contribution is 2.40. The van der Waals surface area contributed by atoms with Gasteiger partial charge in [-0.25, -0.2) is 4.98 Å². The van der Waals surface area contributed by atoms with E-state index in [1.165, 1.54) is 0 Å². The number of carbonyl (C=O) groups is 1. The molecule has 1 aromatic carbocycles. The molecule has 0 unspecified atom stereocenters. The number of hydrogen-bond acceptors (Lipinski definition) is 4. The number of aromatic nitrogens is 1. The number of nitrogens with two attached hydrogens (primary N) is 1. The molecule has 132 valence electrons. The Balaban J connectivity index is 0.00000144. The van der Waals surface area contributed by atoms with Crippen LogP contribution in [-0.2, 0) is 12.1 Å². The molecule has 0 aliphatic heterocycles. The van der Waals surface area contributed by atoms with E-state index < -0.39 is 0 Å². The van der Waals surface area contributed by atoms with E-state index in [4.69, 9.17) is 5.73 Å². The lowest BCUT2D eigenvalue weighted by Gasteiger charge is -2.28. The summed E-state index contributed by atoms with van der Waals surface area (Å²) in [4.78, 5) is 17.2. The lowest BCUT2D eigenvalue weighted by molar-refractivity contribution is 0.0898. The molecule has 1 aromatic heterocycles. The van der Waals surface area contributed by atoms with Gasteiger partial charge in [-0.05, 0) is 37.5 Å². The first kappa shape index (κ1) is 20.9. The van der Waals surface area contributed by atoms with E-state index in [0.717, 1.165) is 41.9 Å². The molecule has 1 heterocycles. The molecule has 1 aliphatic carbocycles. The van der Waals surface area contributed by atoms with Crippen molar-refractivity contribution < 1.29 is 4.79 Å². The Hall–Kier alpha value is -1.14. The molecule has 0 atom stereocenters. The lowest BCUT2D eigenvalue weighted by Crippen LogP contribution is -2.43. The quantitative estimate of drug-likeness (QED) is 0.833. The summed E-state index contributed by atoms with van der Waals surface area (Å²) in [6, 6.07) is 7.49. The topological polar surface area (TPSA) is 68.0 Å². The third-order valence-corrected chi connectivity index (χ3v) is 5.45. The molecule has 2 aromatic rings. The van der Waals surface area contributed by atoms with Gasteiger partial charge in [0.05, 0.1) is 5.54 Å². The zero-order chi connectivity index (χ0) is 15.6. The van der Waals surface area contributed by atoms with Gasteiger partial charge < -0.3 is 11.1 Å². The van der Waals surface area contributed by atoms with Crippen LogP contribution in [0.2, 0.25) is 0 Å². The second kappa shape index (κ2) is 8.81. The standard InChI is InChI=1S/C17H21N3OS.2ClH/c1-12-11-22-16(19-12)17(8-2-3-9-17)20-15(21)14-6-4-13(10-18)5-7-14;;/h4-7,11H,2-3,8-10,18H2,1H3,(H,20,21);2*1H. The van der Waals surface area contributed by atoms with E-state index in [0.29, 0.717) is 12.1 Å². The predicted molar refractivity (Wildman–Crippen MR) is 103 cm³/mol. The molecule has 3 rings (SSSR count). The summed E-state index contributed by atoms with van der Waals surface area (Å²) in [5.41, 5.74) is 8.04. The zero-order valence-electron chi connectivity index (χ0n) is 13.6. The van der Waals surface area contributed by atoms with Crippen LogP contribution >= 0.6 is 36.2 Å². The van der Waals surface area contributed by atoms with Crippen LogP contribution in [0.15, 0.2) is 29.6 Å². The van der Waals surface area contributed by atoms with Crippen molar-refractivity contribution in [2.45, 2.75) is 44.7 Å². The Morgan fingerprint density at radius 2 is 1.88 bits per heavy atom. The van der Waals surface area contributed by atoms with E-state index in [-0.39, 0.29) is 36.3 Å². The Labute approximate surface area is 159 Å². The SMILES string of the molecule is Cc1csc(C2(NC(=O)c3ccc(CN)cc3)CCCC2)n1.Cl.Cl. The number of amides is 1. The minimum Gasteiger partial charge on any atom is -0.340 e. The van der Waals surface area contributed by atoms with Crippen LogP contribution in [0.25, 0.3) is 0 Å². The van der Waals surface area contributed by atoms with Crippen LogP contribution in [0, 0.1) is 6.92 Å². The lowest BCUT2D eigenvalue weighted by atomic mass is 9.97. The molecule has 7 heteroatoms. The molecular formula is C17H23Cl2N3OS. The van der Waals surface area contributed by atoms with Gasteiger partial charge in [-0.1, -0.05) is 25.0 Å². The van der Waals surface area contributed by atoms with Crippen molar-refractivity contribution in [1.82, 2.24) is 10.3 Å². The number of thiazole rings is 1. The summed E-state index contributed by atoms with van der Waals surface area (Å²) >= 11 is 1.65. The van der Waals surface area contributed by atoms with Crippen molar-refractivity contribution in [3.05, 3.63) is 51.5 Å². The van der Waals surface area contributed by atoms with E-state index in [1.54, 1.807) is 11.3 Å². The summed E-state index contributed by atoms with van der Waals surface area (Å²) in [6.45, 7) is 2.49. The van der Waals surface area contributed by atoms with Crippen molar-refractivity contribution >= 4 is 42.1 Å². The second-order valence-corrected chi connectivity index (χ2v) is 6.80. The molecule has 1 aliphatic rings. The number of benzene rings is 1. The molecule has 3 N–H and O–H groups in total. The second-order valence-electron chi connectivity index (χ2n) is 5.94. The van der Waals surface area contributed by atoms with Crippen LogP contribution in [0.4, 0.5) is 0 Å². The zero-order valence-corrected chi connectivity index (χ0v) is 16.0. The van der Waals surface area contributed by atoms with E-state index >= 15 is 0 Å².